The molecule has 0 saturated carbocycles. The standard InChI is InChI=1S/C20H19N5O3/c1-12(26)13-2-4-14(5-3-13)24-19-18(21)20(23-11-22-19)25-15-6-7-16-17(10-15)28-9-8-27-16/h2-7,10-11H,8-9,21H2,1H3,(H2,22,23,24,25). The Labute approximate surface area is 161 Å². The van der Waals surface area contributed by atoms with E-state index in [0.717, 1.165) is 11.4 Å². The highest BCUT2D eigenvalue weighted by Crippen LogP contribution is 2.35. The molecule has 4 N–H and O–H groups in total. The summed E-state index contributed by atoms with van der Waals surface area (Å²) in [4.78, 5) is 19.8. The van der Waals surface area contributed by atoms with Crippen LogP contribution in [-0.2, 0) is 0 Å². The molecular weight excluding hydrogens is 358 g/mol. The first-order valence-electron chi connectivity index (χ1n) is 8.75. The summed E-state index contributed by atoms with van der Waals surface area (Å²) in [6.07, 6.45) is 1.42. The van der Waals surface area contributed by atoms with E-state index in [1.54, 1.807) is 24.3 Å². The normalized spacial score (nSPS) is 12.3. The van der Waals surface area contributed by atoms with Crippen molar-refractivity contribution in [2.45, 2.75) is 6.92 Å². The lowest BCUT2D eigenvalue weighted by molar-refractivity contribution is 0.101. The van der Waals surface area contributed by atoms with Gasteiger partial charge in [0.2, 0.25) is 0 Å². The highest BCUT2D eigenvalue weighted by atomic mass is 16.6. The first-order valence-corrected chi connectivity index (χ1v) is 8.75. The molecule has 0 radical (unpaired) electrons. The number of Topliss-reactive ketones (excluding diaryl/α,β-unsaturated/α-hetero) is 1. The van der Waals surface area contributed by atoms with Gasteiger partial charge in [-0.3, -0.25) is 4.79 Å². The largest absolute Gasteiger partial charge is 0.486 e. The molecule has 28 heavy (non-hydrogen) atoms. The Kier molecular flexibility index (Phi) is 4.67. The third-order valence-corrected chi connectivity index (χ3v) is 4.24. The number of hydrogen-bond acceptors (Lipinski definition) is 8. The predicted molar refractivity (Wildman–Crippen MR) is 107 cm³/mol. The van der Waals surface area contributed by atoms with Gasteiger partial charge in [0.25, 0.3) is 0 Å². The minimum absolute atomic E-state index is 0.0130. The van der Waals surface area contributed by atoms with Crippen molar-refractivity contribution in [1.29, 1.82) is 0 Å². The maximum Gasteiger partial charge on any atom is 0.163 e. The van der Waals surface area contributed by atoms with Crippen LogP contribution in [0.1, 0.15) is 17.3 Å². The van der Waals surface area contributed by atoms with Crippen molar-refractivity contribution in [2.75, 3.05) is 29.6 Å². The number of anilines is 5. The van der Waals surface area contributed by atoms with Crippen LogP contribution in [-0.4, -0.2) is 29.0 Å². The number of benzene rings is 2. The van der Waals surface area contributed by atoms with Gasteiger partial charge in [-0.1, -0.05) is 0 Å². The van der Waals surface area contributed by atoms with Crippen molar-refractivity contribution in [3.63, 3.8) is 0 Å². The number of ether oxygens (including phenoxy) is 2. The third kappa shape index (κ3) is 3.66. The van der Waals surface area contributed by atoms with Gasteiger partial charge in [-0.05, 0) is 43.3 Å². The van der Waals surface area contributed by atoms with Crippen LogP contribution < -0.4 is 25.8 Å². The zero-order valence-corrected chi connectivity index (χ0v) is 15.2. The molecule has 142 valence electrons. The number of hydrogen-bond donors (Lipinski definition) is 3. The van der Waals surface area contributed by atoms with E-state index in [4.69, 9.17) is 15.2 Å². The fourth-order valence-electron chi connectivity index (χ4n) is 2.78. The molecule has 8 nitrogen and oxygen atoms in total. The molecule has 0 bridgehead atoms. The third-order valence-electron chi connectivity index (χ3n) is 4.24. The van der Waals surface area contributed by atoms with Gasteiger partial charge in [0.15, 0.2) is 28.9 Å². The Morgan fingerprint density at radius 2 is 1.54 bits per heavy atom. The Morgan fingerprint density at radius 3 is 2.21 bits per heavy atom. The number of carbonyl (C=O) groups is 1. The number of nitrogens with zero attached hydrogens (tertiary/aromatic N) is 2. The van der Waals surface area contributed by atoms with Crippen molar-refractivity contribution < 1.29 is 14.3 Å². The fraction of sp³-hybridized carbons (Fsp3) is 0.150. The molecule has 4 rings (SSSR count). The molecule has 0 aliphatic carbocycles. The molecule has 0 spiro atoms. The molecule has 2 heterocycles. The van der Waals surface area contributed by atoms with Gasteiger partial charge in [-0.15, -0.1) is 0 Å². The van der Waals surface area contributed by atoms with E-state index in [-0.39, 0.29) is 5.78 Å². The van der Waals surface area contributed by atoms with Crippen LogP contribution >= 0.6 is 0 Å². The topological polar surface area (TPSA) is 111 Å². The lowest BCUT2D eigenvalue weighted by Crippen LogP contribution is -2.15. The lowest BCUT2D eigenvalue weighted by Gasteiger charge is -2.19. The average molecular weight is 377 g/mol. The van der Waals surface area contributed by atoms with Crippen molar-refractivity contribution >= 4 is 34.5 Å². The van der Waals surface area contributed by atoms with E-state index in [9.17, 15) is 4.79 Å². The Bertz CT molecular complexity index is 1020. The van der Waals surface area contributed by atoms with Crippen molar-refractivity contribution in [3.05, 3.63) is 54.4 Å². The summed E-state index contributed by atoms with van der Waals surface area (Å²) < 4.78 is 11.1. The summed E-state index contributed by atoms with van der Waals surface area (Å²) in [5.41, 5.74) is 8.78. The summed E-state index contributed by atoms with van der Waals surface area (Å²) in [6, 6.07) is 12.6. The number of nitrogens with two attached hydrogens (primary N) is 1. The number of aromatic nitrogens is 2. The highest BCUT2D eigenvalue weighted by Gasteiger charge is 2.14. The van der Waals surface area contributed by atoms with Gasteiger partial charge in [0.05, 0.1) is 0 Å². The summed E-state index contributed by atoms with van der Waals surface area (Å²) >= 11 is 0. The monoisotopic (exact) mass is 377 g/mol. The van der Waals surface area contributed by atoms with Crippen molar-refractivity contribution in [3.8, 4) is 11.5 Å². The van der Waals surface area contributed by atoms with Crippen LogP contribution in [0.4, 0.5) is 28.7 Å². The predicted octanol–water partition coefficient (Wildman–Crippen LogP) is 3.52. The molecule has 2 aromatic carbocycles. The van der Waals surface area contributed by atoms with E-state index in [1.165, 1.54) is 13.3 Å². The van der Waals surface area contributed by atoms with Crippen LogP contribution in [0.5, 0.6) is 11.5 Å². The van der Waals surface area contributed by atoms with Crippen molar-refractivity contribution in [2.24, 2.45) is 0 Å². The molecule has 3 aromatic rings. The number of nitrogen functional groups attached to an aromatic ring is 1. The molecule has 0 atom stereocenters. The second-order valence-electron chi connectivity index (χ2n) is 6.23. The van der Waals surface area contributed by atoms with Crippen LogP contribution in [0.25, 0.3) is 0 Å². The fourth-order valence-corrected chi connectivity index (χ4v) is 2.78. The van der Waals surface area contributed by atoms with Gasteiger partial charge in [-0.2, -0.15) is 0 Å². The van der Waals surface area contributed by atoms with Gasteiger partial charge in [-0.25, -0.2) is 9.97 Å². The maximum atomic E-state index is 11.4. The van der Waals surface area contributed by atoms with Crippen molar-refractivity contribution in [1.82, 2.24) is 9.97 Å². The molecular formula is C20H19N5O3. The van der Waals surface area contributed by atoms with E-state index in [0.29, 0.717) is 47.6 Å². The number of rotatable bonds is 5. The molecule has 1 aromatic heterocycles. The van der Waals surface area contributed by atoms with E-state index >= 15 is 0 Å². The van der Waals surface area contributed by atoms with Crippen LogP contribution in [0.2, 0.25) is 0 Å². The van der Waals surface area contributed by atoms with Crippen LogP contribution in [0, 0.1) is 0 Å². The van der Waals surface area contributed by atoms with E-state index < -0.39 is 0 Å². The Hall–Kier alpha value is -3.81. The summed E-state index contributed by atoms with van der Waals surface area (Å²) in [6.45, 7) is 2.59. The number of ketones is 1. The van der Waals surface area contributed by atoms with Crippen LogP contribution in [0.15, 0.2) is 48.8 Å². The smallest absolute Gasteiger partial charge is 0.163 e. The van der Waals surface area contributed by atoms with Gasteiger partial charge in [0.1, 0.15) is 25.2 Å². The van der Waals surface area contributed by atoms with E-state index in [1.807, 2.05) is 18.2 Å². The quantitative estimate of drug-likeness (QED) is 0.579. The van der Waals surface area contributed by atoms with Gasteiger partial charge >= 0.3 is 0 Å². The zero-order valence-electron chi connectivity index (χ0n) is 15.2. The lowest BCUT2D eigenvalue weighted by atomic mass is 10.1. The Balaban J connectivity index is 1.54. The SMILES string of the molecule is CC(=O)c1ccc(Nc2ncnc(Nc3ccc4c(c3)OCCO4)c2N)cc1. The molecule has 0 amide bonds. The number of fused-ring (bicyclic) bond motifs is 1. The second kappa shape index (κ2) is 7.43. The minimum atomic E-state index is 0.0130. The number of nitrogens with one attached hydrogen (secondary N) is 2. The first-order chi connectivity index (χ1) is 13.6. The number of carbonyl (C=O) groups excluding carboxylic acids is 1. The average Bonchev–Trinajstić information content (AvgIpc) is 2.71. The first kappa shape index (κ1) is 17.6. The molecule has 0 unspecified atom stereocenters. The zero-order chi connectivity index (χ0) is 19.5. The minimum Gasteiger partial charge on any atom is -0.486 e. The molecule has 1 aliphatic rings. The second-order valence-corrected chi connectivity index (χ2v) is 6.23. The Morgan fingerprint density at radius 1 is 0.929 bits per heavy atom. The highest BCUT2D eigenvalue weighted by molar-refractivity contribution is 5.94. The summed E-state index contributed by atoms with van der Waals surface area (Å²) in [5.74, 6) is 2.33. The summed E-state index contributed by atoms with van der Waals surface area (Å²) in [7, 11) is 0. The van der Waals surface area contributed by atoms with Gasteiger partial charge in [0, 0.05) is 23.0 Å². The molecule has 1 aliphatic heterocycles. The molecule has 0 saturated heterocycles. The van der Waals surface area contributed by atoms with Gasteiger partial charge < -0.3 is 25.8 Å². The van der Waals surface area contributed by atoms with Crippen LogP contribution in [0.3, 0.4) is 0 Å². The summed E-state index contributed by atoms with van der Waals surface area (Å²) in [5, 5.41) is 6.32. The van der Waals surface area contributed by atoms with E-state index in [2.05, 4.69) is 20.6 Å². The molecule has 8 heteroatoms. The molecule has 0 fully saturated rings. The maximum absolute atomic E-state index is 11.4.